The maximum atomic E-state index is 11.6. The van der Waals surface area contributed by atoms with Crippen LogP contribution in [0.4, 0.5) is 4.79 Å². The molecule has 0 aromatic carbocycles. The maximum Gasteiger partial charge on any atom is 0.326 e. The molecule has 2 amide bonds. The average molecular weight is 260 g/mol. The molecule has 0 aromatic heterocycles. The number of carbonyl (C=O) groups is 2. The first-order valence-electron chi connectivity index (χ1n) is 6.02. The van der Waals surface area contributed by atoms with Crippen molar-refractivity contribution in [3.8, 4) is 0 Å². The van der Waals surface area contributed by atoms with Crippen molar-refractivity contribution in [3.05, 3.63) is 0 Å². The number of aliphatic hydroxyl groups excluding tert-OH is 1. The van der Waals surface area contributed by atoms with Gasteiger partial charge in [0.15, 0.2) is 0 Å². The van der Waals surface area contributed by atoms with Gasteiger partial charge in [-0.05, 0) is 19.3 Å². The highest BCUT2D eigenvalue weighted by Crippen LogP contribution is 2.21. The van der Waals surface area contributed by atoms with Crippen LogP contribution < -0.4 is 10.6 Å². The normalized spacial score (nSPS) is 24.6. The van der Waals surface area contributed by atoms with Gasteiger partial charge in [-0.2, -0.15) is 0 Å². The van der Waals surface area contributed by atoms with E-state index in [1.807, 2.05) is 0 Å². The molecule has 0 aromatic rings. The highest BCUT2D eigenvalue weighted by Gasteiger charge is 2.29. The minimum absolute atomic E-state index is 0.0128. The summed E-state index contributed by atoms with van der Waals surface area (Å²) < 4.78 is 5.23. The molecule has 4 N–H and O–H groups in total. The summed E-state index contributed by atoms with van der Waals surface area (Å²) >= 11 is 0. The molecule has 3 atom stereocenters. The van der Waals surface area contributed by atoms with Gasteiger partial charge in [-0.15, -0.1) is 0 Å². The minimum Gasteiger partial charge on any atom is -0.480 e. The van der Waals surface area contributed by atoms with Gasteiger partial charge in [-0.1, -0.05) is 0 Å². The Hall–Kier alpha value is -1.34. The first-order valence-corrected chi connectivity index (χ1v) is 6.02. The number of rotatable bonds is 6. The predicted molar refractivity (Wildman–Crippen MR) is 63.2 cm³/mol. The third kappa shape index (κ3) is 4.15. The molecule has 18 heavy (non-hydrogen) atoms. The van der Waals surface area contributed by atoms with E-state index in [9.17, 15) is 9.59 Å². The number of carbonyl (C=O) groups excluding carboxylic acids is 1. The summed E-state index contributed by atoms with van der Waals surface area (Å²) in [4.78, 5) is 22.4. The van der Waals surface area contributed by atoms with Gasteiger partial charge in [0.05, 0.1) is 12.1 Å². The number of aliphatic hydroxyl groups is 1. The molecule has 1 saturated carbocycles. The zero-order chi connectivity index (χ0) is 13.5. The number of ether oxygens (including phenoxy) is 1. The Morgan fingerprint density at radius 3 is 2.72 bits per heavy atom. The van der Waals surface area contributed by atoms with E-state index in [1.165, 1.54) is 0 Å². The molecule has 0 saturated heterocycles. The molecule has 0 spiro atoms. The smallest absolute Gasteiger partial charge is 0.326 e. The molecule has 1 aliphatic carbocycles. The first-order chi connectivity index (χ1) is 8.58. The average Bonchev–Trinajstić information content (AvgIpc) is 2.75. The summed E-state index contributed by atoms with van der Waals surface area (Å²) in [7, 11) is 1.59. The van der Waals surface area contributed by atoms with Crippen molar-refractivity contribution in [2.75, 3.05) is 13.7 Å². The van der Waals surface area contributed by atoms with Crippen molar-refractivity contribution < 1.29 is 24.5 Å². The van der Waals surface area contributed by atoms with Crippen LogP contribution in [0.25, 0.3) is 0 Å². The van der Waals surface area contributed by atoms with Crippen LogP contribution in [0.2, 0.25) is 0 Å². The van der Waals surface area contributed by atoms with Crippen LogP contribution in [0.15, 0.2) is 0 Å². The Balaban J connectivity index is 2.42. The SMILES string of the molecule is COC1CCCC1NC(=O)NC(CCO)C(=O)O. The van der Waals surface area contributed by atoms with E-state index in [1.54, 1.807) is 7.11 Å². The molecule has 1 aliphatic rings. The fourth-order valence-corrected chi connectivity index (χ4v) is 2.13. The molecule has 7 nitrogen and oxygen atoms in total. The number of amides is 2. The van der Waals surface area contributed by atoms with Crippen molar-refractivity contribution in [1.29, 1.82) is 0 Å². The van der Waals surface area contributed by atoms with Crippen LogP contribution in [-0.4, -0.2) is 54.1 Å². The summed E-state index contributed by atoms with van der Waals surface area (Å²) in [5.74, 6) is -1.16. The van der Waals surface area contributed by atoms with E-state index < -0.39 is 18.0 Å². The largest absolute Gasteiger partial charge is 0.480 e. The summed E-state index contributed by atoms with van der Waals surface area (Å²) in [6.07, 6.45) is 2.66. The second-order valence-corrected chi connectivity index (χ2v) is 4.33. The van der Waals surface area contributed by atoms with Gasteiger partial charge in [0, 0.05) is 20.1 Å². The van der Waals surface area contributed by atoms with Crippen LogP contribution in [0.3, 0.4) is 0 Å². The molecule has 1 fully saturated rings. The second-order valence-electron chi connectivity index (χ2n) is 4.33. The fraction of sp³-hybridized carbons (Fsp3) is 0.818. The fourth-order valence-electron chi connectivity index (χ4n) is 2.13. The van der Waals surface area contributed by atoms with Crippen molar-refractivity contribution in [2.24, 2.45) is 0 Å². The van der Waals surface area contributed by atoms with E-state index >= 15 is 0 Å². The summed E-state index contributed by atoms with van der Waals surface area (Å²) in [5, 5.41) is 22.6. The molecular formula is C11H20N2O5. The maximum absolute atomic E-state index is 11.6. The minimum atomic E-state index is -1.16. The lowest BCUT2D eigenvalue weighted by Gasteiger charge is -2.21. The van der Waals surface area contributed by atoms with Crippen molar-refractivity contribution in [1.82, 2.24) is 10.6 Å². The van der Waals surface area contributed by atoms with Crippen LogP contribution in [0.1, 0.15) is 25.7 Å². The Morgan fingerprint density at radius 2 is 2.17 bits per heavy atom. The van der Waals surface area contributed by atoms with E-state index in [4.69, 9.17) is 14.9 Å². The number of carboxylic acids is 1. The lowest BCUT2D eigenvalue weighted by atomic mass is 10.2. The van der Waals surface area contributed by atoms with Crippen LogP contribution in [0, 0.1) is 0 Å². The van der Waals surface area contributed by atoms with Gasteiger partial charge in [-0.3, -0.25) is 0 Å². The molecule has 3 unspecified atom stereocenters. The number of aliphatic carboxylic acids is 1. The van der Waals surface area contributed by atoms with Crippen molar-refractivity contribution >= 4 is 12.0 Å². The summed E-state index contributed by atoms with van der Waals surface area (Å²) in [6, 6.07) is -1.69. The molecule has 1 rings (SSSR count). The molecule has 104 valence electrons. The van der Waals surface area contributed by atoms with Crippen LogP contribution in [-0.2, 0) is 9.53 Å². The molecule has 0 radical (unpaired) electrons. The van der Waals surface area contributed by atoms with Crippen molar-refractivity contribution in [2.45, 2.75) is 43.9 Å². The van der Waals surface area contributed by atoms with Gasteiger partial charge >= 0.3 is 12.0 Å². The van der Waals surface area contributed by atoms with Crippen LogP contribution >= 0.6 is 0 Å². The topological polar surface area (TPSA) is 108 Å². The molecule has 0 aliphatic heterocycles. The van der Waals surface area contributed by atoms with Gasteiger partial charge in [0.1, 0.15) is 6.04 Å². The zero-order valence-electron chi connectivity index (χ0n) is 10.4. The van der Waals surface area contributed by atoms with Gasteiger partial charge in [0.2, 0.25) is 0 Å². The third-order valence-electron chi connectivity index (χ3n) is 3.09. The number of nitrogens with one attached hydrogen (secondary N) is 2. The lowest BCUT2D eigenvalue weighted by Crippen LogP contribution is -2.51. The Labute approximate surface area is 106 Å². The second kappa shape index (κ2) is 7.17. The van der Waals surface area contributed by atoms with Crippen LogP contribution in [0.5, 0.6) is 0 Å². The standard InChI is InChI=1S/C11H20N2O5/c1-18-9-4-2-3-7(9)12-11(17)13-8(5-6-14)10(15)16/h7-9,14H,2-6H2,1H3,(H,15,16)(H2,12,13,17). The molecule has 7 heteroatoms. The number of methoxy groups -OCH3 is 1. The van der Waals surface area contributed by atoms with E-state index in [0.717, 1.165) is 19.3 Å². The first kappa shape index (κ1) is 14.7. The van der Waals surface area contributed by atoms with Gasteiger partial charge in [0.25, 0.3) is 0 Å². The Bertz CT molecular complexity index is 297. The van der Waals surface area contributed by atoms with E-state index in [2.05, 4.69) is 10.6 Å². The Kier molecular flexibility index (Phi) is 5.87. The van der Waals surface area contributed by atoms with Crippen molar-refractivity contribution in [3.63, 3.8) is 0 Å². The number of hydrogen-bond acceptors (Lipinski definition) is 4. The third-order valence-corrected chi connectivity index (χ3v) is 3.09. The highest BCUT2D eigenvalue weighted by molar-refractivity contribution is 5.82. The lowest BCUT2D eigenvalue weighted by molar-refractivity contribution is -0.139. The molecule has 0 bridgehead atoms. The monoisotopic (exact) mass is 260 g/mol. The van der Waals surface area contributed by atoms with Gasteiger partial charge in [-0.25, -0.2) is 9.59 Å². The number of carboxylic acid groups (broad SMARTS) is 1. The summed E-state index contributed by atoms with van der Waals surface area (Å²) in [6.45, 7) is -0.290. The van der Waals surface area contributed by atoms with E-state index in [-0.39, 0.29) is 25.2 Å². The highest BCUT2D eigenvalue weighted by atomic mass is 16.5. The van der Waals surface area contributed by atoms with Gasteiger partial charge < -0.3 is 25.6 Å². The number of urea groups is 1. The number of hydrogen-bond donors (Lipinski definition) is 4. The molecular weight excluding hydrogens is 240 g/mol. The molecule has 0 heterocycles. The zero-order valence-corrected chi connectivity index (χ0v) is 10.4. The summed E-state index contributed by atoms with van der Waals surface area (Å²) in [5.41, 5.74) is 0. The quantitative estimate of drug-likeness (QED) is 0.524. The Morgan fingerprint density at radius 1 is 1.44 bits per heavy atom. The predicted octanol–water partition coefficient (Wildman–Crippen LogP) is -0.311. The van der Waals surface area contributed by atoms with E-state index in [0.29, 0.717) is 0 Å².